The highest BCUT2D eigenvalue weighted by Gasteiger charge is 2.10. The number of pyridine rings is 1. The Labute approximate surface area is 97.2 Å². The molecule has 0 N–H and O–H groups in total. The zero-order valence-corrected chi connectivity index (χ0v) is 9.28. The molecule has 0 saturated heterocycles. The summed E-state index contributed by atoms with van der Waals surface area (Å²) in [5.41, 5.74) is 9.12. The summed E-state index contributed by atoms with van der Waals surface area (Å²) in [5, 5.41) is 4.20. The molecular weight excluding hydrogens is 235 g/mol. The number of rotatable bonds is 4. The van der Waals surface area contributed by atoms with Crippen LogP contribution in [0.2, 0.25) is 10.2 Å². The summed E-state index contributed by atoms with van der Waals surface area (Å²) in [6.07, 6.45) is 3.74. The van der Waals surface area contributed by atoms with Crippen molar-refractivity contribution in [3.8, 4) is 0 Å². The Hall–Kier alpha value is -1.22. The Bertz CT molecular complexity index is 413. The van der Waals surface area contributed by atoms with Crippen molar-refractivity contribution >= 4 is 23.2 Å². The Morgan fingerprint density at radius 2 is 2.40 bits per heavy atom. The van der Waals surface area contributed by atoms with E-state index in [1.54, 1.807) is 12.1 Å². The Balaban J connectivity index is 3.05. The largest absolute Gasteiger partial charge is 0.243 e. The predicted octanol–water partition coefficient (Wildman–Crippen LogP) is 4.32. The quantitative estimate of drug-likeness (QED) is 0.255. The maximum absolute atomic E-state index is 8.39. The first-order valence-electron chi connectivity index (χ1n) is 4.15. The van der Waals surface area contributed by atoms with Crippen molar-refractivity contribution < 1.29 is 0 Å². The number of hydrogen-bond donors (Lipinski definition) is 0. The van der Waals surface area contributed by atoms with Crippen molar-refractivity contribution in [3.05, 3.63) is 51.1 Å². The van der Waals surface area contributed by atoms with Gasteiger partial charge in [-0.25, -0.2) is 4.98 Å². The van der Waals surface area contributed by atoms with Crippen LogP contribution >= 0.6 is 23.2 Å². The zero-order valence-electron chi connectivity index (χ0n) is 7.77. The minimum absolute atomic E-state index is 0.235. The third kappa shape index (κ3) is 3.13. The molecule has 0 aliphatic carbocycles. The van der Waals surface area contributed by atoms with E-state index in [-0.39, 0.29) is 11.2 Å². The lowest BCUT2D eigenvalue weighted by Crippen LogP contribution is -1.94. The predicted molar refractivity (Wildman–Crippen MR) is 61.0 cm³/mol. The van der Waals surface area contributed by atoms with Crippen molar-refractivity contribution in [2.75, 3.05) is 0 Å². The molecule has 15 heavy (non-hydrogen) atoms. The van der Waals surface area contributed by atoms with Gasteiger partial charge in [-0.3, -0.25) is 0 Å². The molecule has 1 atom stereocenters. The second-order valence-corrected chi connectivity index (χ2v) is 3.55. The molecule has 1 aromatic heterocycles. The standard InChI is InChI=1S/C9H8Cl2N4/c1-2-3-8(14-15-12)6-4-7(10)9(11)13-5-6/h2,4-5,8H,1,3H2. The maximum Gasteiger partial charge on any atom is 0.147 e. The molecule has 0 amide bonds. The first kappa shape index (κ1) is 11.9. The van der Waals surface area contributed by atoms with Crippen LogP contribution in [0.5, 0.6) is 0 Å². The lowest BCUT2D eigenvalue weighted by molar-refractivity contribution is 0.730. The van der Waals surface area contributed by atoms with E-state index < -0.39 is 0 Å². The van der Waals surface area contributed by atoms with Gasteiger partial charge in [-0.15, -0.1) is 6.58 Å². The molecule has 0 aromatic carbocycles. The number of aromatic nitrogens is 1. The normalized spacial score (nSPS) is 11.6. The van der Waals surface area contributed by atoms with E-state index >= 15 is 0 Å². The van der Waals surface area contributed by atoms with Crippen LogP contribution in [-0.2, 0) is 0 Å². The molecule has 0 radical (unpaired) electrons. The zero-order chi connectivity index (χ0) is 11.3. The highest BCUT2D eigenvalue weighted by atomic mass is 35.5. The van der Waals surface area contributed by atoms with Gasteiger partial charge in [0, 0.05) is 11.1 Å². The van der Waals surface area contributed by atoms with Crippen molar-refractivity contribution in [1.82, 2.24) is 4.98 Å². The second kappa shape index (κ2) is 5.61. The third-order valence-electron chi connectivity index (χ3n) is 1.78. The summed E-state index contributed by atoms with van der Waals surface area (Å²) in [7, 11) is 0. The van der Waals surface area contributed by atoms with Gasteiger partial charge in [0.1, 0.15) is 5.15 Å². The minimum atomic E-state index is -0.338. The Morgan fingerprint density at radius 3 is 2.93 bits per heavy atom. The minimum Gasteiger partial charge on any atom is -0.243 e. The monoisotopic (exact) mass is 242 g/mol. The lowest BCUT2D eigenvalue weighted by Gasteiger charge is -2.08. The molecule has 0 spiro atoms. The molecule has 4 nitrogen and oxygen atoms in total. The first-order valence-corrected chi connectivity index (χ1v) is 4.90. The highest BCUT2D eigenvalue weighted by Crippen LogP contribution is 2.27. The molecule has 1 heterocycles. The van der Waals surface area contributed by atoms with Crippen LogP contribution in [-0.4, -0.2) is 4.98 Å². The van der Waals surface area contributed by atoms with Crippen molar-refractivity contribution in [2.24, 2.45) is 5.11 Å². The van der Waals surface area contributed by atoms with E-state index in [1.165, 1.54) is 6.20 Å². The molecular formula is C9H8Cl2N4. The number of halogens is 2. The Morgan fingerprint density at radius 1 is 1.67 bits per heavy atom. The van der Waals surface area contributed by atoms with Crippen LogP contribution in [0.4, 0.5) is 0 Å². The van der Waals surface area contributed by atoms with Gasteiger partial charge in [-0.05, 0) is 23.6 Å². The van der Waals surface area contributed by atoms with Crippen LogP contribution in [0.3, 0.4) is 0 Å². The molecule has 6 heteroatoms. The summed E-state index contributed by atoms with van der Waals surface area (Å²) in [6, 6.07) is 1.30. The average Bonchev–Trinajstić information content (AvgIpc) is 2.22. The van der Waals surface area contributed by atoms with E-state index in [0.29, 0.717) is 11.4 Å². The summed E-state index contributed by atoms with van der Waals surface area (Å²) in [4.78, 5) is 6.64. The van der Waals surface area contributed by atoms with E-state index in [9.17, 15) is 0 Å². The van der Waals surface area contributed by atoms with E-state index in [0.717, 1.165) is 5.56 Å². The number of nitrogens with zero attached hydrogens (tertiary/aromatic N) is 4. The van der Waals surface area contributed by atoms with Gasteiger partial charge in [0.05, 0.1) is 11.1 Å². The number of azide groups is 1. The van der Waals surface area contributed by atoms with E-state index in [1.807, 2.05) is 0 Å². The topological polar surface area (TPSA) is 61.7 Å². The van der Waals surface area contributed by atoms with E-state index in [4.69, 9.17) is 28.7 Å². The summed E-state index contributed by atoms with van der Waals surface area (Å²) >= 11 is 11.5. The SMILES string of the molecule is C=CCC(N=[N+]=[N-])c1cnc(Cl)c(Cl)c1. The number of hydrogen-bond acceptors (Lipinski definition) is 2. The van der Waals surface area contributed by atoms with Gasteiger partial charge in [0.15, 0.2) is 0 Å². The molecule has 0 fully saturated rings. The maximum atomic E-state index is 8.39. The van der Waals surface area contributed by atoms with Crippen molar-refractivity contribution in [3.63, 3.8) is 0 Å². The van der Waals surface area contributed by atoms with Gasteiger partial charge in [0.2, 0.25) is 0 Å². The summed E-state index contributed by atoms with van der Waals surface area (Å²) in [6.45, 7) is 3.59. The van der Waals surface area contributed by atoms with Crippen LogP contribution in [0, 0.1) is 0 Å². The van der Waals surface area contributed by atoms with E-state index in [2.05, 4.69) is 21.6 Å². The molecule has 1 unspecified atom stereocenters. The van der Waals surface area contributed by atoms with Crippen LogP contribution in [0.25, 0.3) is 10.4 Å². The van der Waals surface area contributed by atoms with Gasteiger partial charge in [-0.2, -0.15) is 0 Å². The Kier molecular flexibility index (Phi) is 4.43. The summed E-state index contributed by atoms with van der Waals surface area (Å²) < 4.78 is 0. The molecule has 0 aliphatic heterocycles. The third-order valence-corrected chi connectivity index (χ3v) is 2.47. The molecule has 0 aliphatic rings. The molecule has 1 rings (SSSR count). The highest BCUT2D eigenvalue weighted by molar-refractivity contribution is 6.41. The van der Waals surface area contributed by atoms with Gasteiger partial charge >= 0.3 is 0 Å². The molecule has 1 aromatic rings. The van der Waals surface area contributed by atoms with Crippen molar-refractivity contribution in [1.29, 1.82) is 0 Å². The fourth-order valence-corrected chi connectivity index (χ4v) is 1.37. The van der Waals surface area contributed by atoms with Crippen LogP contribution in [0.15, 0.2) is 30.0 Å². The molecule has 0 bridgehead atoms. The molecule has 0 saturated carbocycles. The molecule has 78 valence electrons. The average molecular weight is 243 g/mol. The summed E-state index contributed by atoms with van der Waals surface area (Å²) in [5.74, 6) is 0. The second-order valence-electron chi connectivity index (χ2n) is 2.79. The van der Waals surface area contributed by atoms with Gasteiger partial charge in [-0.1, -0.05) is 34.4 Å². The van der Waals surface area contributed by atoms with Crippen LogP contribution < -0.4 is 0 Å². The fraction of sp³-hybridized carbons (Fsp3) is 0.222. The lowest BCUT2D eigenvalue weighted by atomic mass is 10.1. The van der Waals surface area contributed by atoms with Crippen LogP contribution in [0.1, 0.15) is 18.0 Å². The fourth-order valence-electron chi connectivity index (χ4n) is 1.09. The van der Waals surface area contributed by atoms with Gasteiger partial charge < -0.3 is 0 Å². The van der Waals surface area contributed by atoms with Crippen molar-refractivity contribution in [2.45, 2.75) is 12.5 Å². The van der Waals surface area contributed by atoms with Gasteiger partial charge in [0.25, 0.3) is 0 Å². The smallest absolute Gasteiger partial charge is 0.147 e. The first-order chi connectivity index (χ1) is 7.19.